The third-order valence-corrected chi connectivity index (χ3v) is 6.64. The van der Waals surface area contributed by atoms with E-state index in [1.807, 2.05) is 12.1 Å². The summed E-state index contributed by atoms with van der Waals surface area (Å²) in [6, 6.07) is 15.0. The van der Waals surface area contributed by atoms with E-state index < -0.39 is 0 Å². The van der Waals surface area contributed by atoms with Gasteiger partial charge in [0.1, 0.15) is 0 Å². The van der Waals surface area contributed by atoms with E-state index in [1.165, 1.54) is 17.5 Å². The number of carbonyl (C=O) groups is 1. The van der Waals surface area contributed by atoms with Crippen LogP contribution in [0.3, 0.4) is 0 Å². The number of hydrogen-bond donors (Lipinski definition) is 0. The summed E-state index contributed by atoms with van der Waals surface area (Å²) in [6.07, 6.45) is 8.51. The Hall–Kier alpha value is -2.20. The van der Waals surface area contributed by atoms with Crippen molar-refractivity contribution in [3.63, 3.8) is 0 Å². The maximum atomic E-state index is 12.7. The van der Waals surface area contributed by atoms with Gasteiger partial charge in [-0.3, -0.25) is 9.78 Å². The second kappa shape index (κ2) is 8.44. The summed E-state index contributed by atoms with van der Waals surface area (Å²) in [5.74, 6) is 0.907. The second-order valence-electron chi connectivity index (χ2n) is 8.74. The summed E-state index contributed by atoms with van der Waals surface area (Å²) in [7, 11) is 2.25. The summed E-state index contributed by atoms with van der Waals surface area (Å²) >= 11 is 0. The van der Waals surface area contributed by atoms with Crippen LogP contribution in [0, 0.1) is 5.41 Å². The highest BCUT2D eigenvalue weighted by Crippen LogP contribution is 2.44. The number of likely N-dealkylation sites (N-methyl/N-ethyl adjacent to an activating group) is 1. The molecule has 2 saturated heterocycles. The van der Waals surface area contributed by atoms with Gasteiger partial charge < -0.3 is 9.80 Å². The van der Waals surface area contributed by atoms with E-state index in [4.69, 9.17) is 0 Å². The van der Waals surface area contributed by atoms with Gasteiger partial charge in [0.15, 0.2) is 0 Å². The van der Waals surface area contributed by atoms with Crippen molar-refractivity contribution >= 4 is 5.91 Å². The van der Waals surface area contributed by atoms with Gasteiger partial charge in [0.25, 0.3) is 0 Å². The first-order chi connectivity index (χ1) is 13.6. The standard InChI is InChI=1S/C24H31N3O/c1-26-18-22(21-5-3-2-4-6-21)17-24(19-26)11-15-27(16-12-24)23(28)8-7-20-9-13-25-14-10-20/h2-6,9-10,13-14,22H,7-8,11-12,15-19H2,1H3/t22-/m0/s1. The topological polar surface area (TPSA) is 36.4 Å². The van der Waals surface area contributed by atoms with Crippen LogP contribution in [0.5, 0.6) is 0 Å². The molecule has 0 radical (unpaired) electrons. The van der Waals surface area contributed by atoms with Crippen molar-refractivity contribution in [3.8, 4) is 0 Å². The van der Waals surface area contributed by atoms with E-state index in [9.17, 15) is 4.79 Å². The maximum Gasteiger partial charge on any atom is 0.222 e. The zero-order valence-electron chi connectivity index (χ0n) is 16.9. The Bertz CT molecular complexity index is 769. The zero-order valence-corrected chi connectivity index (χ0v) is 16.9. The minimum absolute atomic E-state index is 0.301. The van der Waals surface area contributed by atoms with Crippen molar-refractivity contribution in [2.75, 3.05) is 33.2 Å². The lowest BCUT2D eigenvalue weighted by molar-refractivity contribution is -0.134. The highest BCUT2D eigenvalue weighted by atomic mass is 16.2. The van der Waals surface area contributed by atoms with Crippen LogP contribution in [-0.2, 0) is 11.2 Å². The van der Waals surface area contributed by atoms with Gasteiger partial charge in [-0.25, -0.2) is 0 Å². The predicted octanol–water partition coefficient (Wildman–Crippen LogP) is 3.74. The van der Waals surface area contributed by atoms with Crippen LogP contribution >= 0.6 is 0 Å². The van der Waals surface area contributed by atoms with Crippen LogP contribution < -0.4 is 0 Å². The molecule has 1 aromatic heterocycles. The minimum atomic E-state index is 0.301. The van der Waals surface area contributed by atoms with Gasteiger partial charge in [-0.05, 0) is 67.3 Å². The molecule has 1 amide bonds. The molecule has 4 heteroatoms. The number of pyridine rings is 1. The van der Waals surface area contributed by atoms with Crippen LogP contribution in [-0.4, -0.2) is 53.9 Å². The Morgan fingerprint density at radius 3 is 2.54 bits per heavy atom. The Balaban J connectivity index is 1.34. The first kappa shape index (κ1) is 19.1. The van der Waals surface area contributed by atoms with E-state index >= 15 is 0 Å². The van der Waals surface area contributed by atoms with Gasteiger partial charge >= 0.3 is 0 Å². The molecular formula is C24H31N3O. The molecule has 3 heterocycles. The molecule has 1 atom stereocenters. The van der Waals surface area contributed by atoms with Crippen molar-refractivity contribution in [2.24, 2.45) is 5.41 Å². The number of carbonyl (C=O) groups excluding carboxylic acids is 1. The third-order valence-electron chi connectivity index (χ3n) is 6.64. The maximum absolute atomic E-state index is 12.7. The molecule has 1 spiro atoms. The van der Waals surface area contributed by atoms with E-state index in [0.29, 0.717) is 23.7 Å². The fourth-order valence-electron chi connectivity index (χ4n) is 5.17. The van der Waals surface area contributed by atoms with Crippen LogP contribution in [0.4, 0.5) is 0 Å². The Labute approximate surface area is 168 Å². The number of likely N-dealkylation sites (tertiary alicyclic amines) is 2. The fourth-order valence-corrected chi connectivity index (χ4v) is 5.17. The number of hydrogen-bond acceptors (Lipinski definition) is 3. The molecular weight excluding hydrogens is 346 g/mol. The minimum Gasteiger partial charge on any atom is -0.343 e. The fraction of sp³-hybridized carbons (Fsp3) is 0.500. The van der Waals surface area contributed by atoms with Crippen LogP contribution in [0.1, 0.15) is 42.7 Å². The summed E-state index contributed by atoms with van der Waals surface area (Å²) in [5, 5.41) is 0. The van der Waals surface area contributed by atoms with Crippen molar-refractivity contribution in [2.45, 2.75) is 38.0 Å². The van der Waals surface area contributed by atoms with Crippen LogP contribution in [0.15, 0.2) is 54.9 Å². The van der Waals surface area contributed by atoms with E-state index in [1.54, 1.807) is 12.4 Å². The second-order valence-corrected chi connectivity index (χ2v) is 8.74. The van der Waals surface area contributed by atoms with Gasteiger partial charge in [-0.15, -0.1) is 0 Å². The molecule has 0 bridgehead atoms. The van der Waals surface area contributed by atoms with Crippen molar-refractivity contribution < 1.29 is 4.79 Å². The summed E-state index contributed by atoms with van der Waals surface area (Å²) in [6.45, 7) is 4.12. The molecule has 0 aliphatic carbocycles. The van der Waals surface area contributed by atoms with E-state index in [0.717, 1.165) is 45.4 Å². The summed E-state index contributed by atoms with van der Waals surface area (Å²) < 4.78 is 0. The molecule has 4 nitrogen and oxygen atoms in total. The third kappa shape index (κ3) is 4.44. The molecule has 2 aliphatic rings. The quantitative estimate of drug-likeness (QED) is 0.814. The highest BCUT2D eigenvalue weighted by Gasteiger charge is 2.41. The van der Waals surface area contributed by atoms with Crippen molar-refractivity contribution in [1.29, 1.82) is 0 Å². The van der Waals surface area contributed by atoms with Gasteiger partial charge in [-0.1, -0.05) is 30.3 Å². The average Bonchev–Trinajstić information content (AvgIpc) is 2.73. The zero-order chi connectivity index (χ0) is 19.4. The smallest absolute Gasteiger partial charge is 0.222 e. The van der Waals surface area contributed by atoms with Crippen molar-refractivity contribution in [1.82, 2.24) is 14.8 Å². The number of benzene rings is 1. The highest BCUT2D eigenvalue weighted by molar-refractivity contribution is 5.76. The van der Waals surface area contributed by atoms with E-state index in [-0.39, 0.29) is 0 Å². The van der Waals surface area contributed by atoms with Crippen LogP contribution in [0.2, 0.25) is 0 Å². The lowest BCUT2D eigenvalue weighted by atomic mass is 9.68. The summed E-state index contributed by atoms with van der Waals surface area (Å²) in [4.78, 5) is 21.3. The number of rotatable bonds is 4. The SMILES string of the molecule is CN1C[C@@H](c2ccccc2)CC2(CCN(C(=O)CCc3ccncc3)CC2)C1. The number of nitrogens with zero attached hydrogens (tertiary/aromatic N) is 3. The summed E-state index contributed by atoms with van der Waals surface area (Å²) in [5.41, 5.74) is 3.01. The molecule has 0 N–H and O–H groups in total. The van der Waals surface area contributed by atoms with Gasteiger partial charge in [0, 0.05) is 45.0 Å². The Morgan fingerprint density at radius 2 is 1.82 bits per heavy atom. The molecule has 4 rings (SSSR count). The number of aryl methyl sites for hydroxylation is 1. The Morgan fingerprint density at radius 1 is 1.11 bits per heavy atom. The number of aromatic nitrogens is 1. The van der Waals surface area contributed by atoms with Gasteiger partial charge in [0.05, 0.1) is 0 Å². The lowest BCUT2D eigenvalue weighted by Gasteiger charge is -2.49. The number of piperidine rings is 2. The van der Waals surface area contributed by atoms with Crippen LogP contribution in [0.25, 0.3) is 0 Å². The largest absolute Gasteiger partial charge is 0.343 e. The predicted molar refractivity (Wildman–Crippen MR) is 112 cm³/mol. The van der Waals surface area contributed by atoms with Crippen molar-refractivity contribution in [3.05, 3.63) is 66.0 Å². The molecule has 148 valence electrons. The lowest BCUT2D eigenvalue weighted by Crippen LogP contribution is -2.51. The number of amides is 1. The van der Waals surface area contributed by atoms with E-state index in [2.05, 4.69) is 52.2 Å². The first-order valence-corrected chi connectivity index (χ1v) is 10.5. The first-order valence-electron chi connectivity index (χ1n) is 10.5. The molecule has 0 unspecified atom stereocenters. The van der Waals surface area contributed by atoms with Gasteiger partial charge in [-0.2, -0.15) is 0 Å². The monoisotopic (exact) mass is 377 g/mol. The molecule has 0 saturated carbocycles. The molecule has 2 fully saturated rings. The molecule has 2 aromatic rings. The van der Waals surface area contributed by atoms with Gasteiger partial charge in [0.2, 0.25) is 5.91 Å². The normalized spacial score (nSPS) is 22.3. The molecule has 2 aliphatic heterocycles. The molecule has 28 heavy (non-hydrogen) atoms. The average molecular weight is 378 g/mol. The molecule has 1 aromatic carbocycles. The Kier molecular flexibility index (Phi) is 5.77.